The van der Waals surface area contributed by atoms with Crippen molar-refractivity contribution < 1.29 is 4.74 Å². The molecule has 4 heteroatoms. The molecule has 0 radical (unpaired) electrons. The van der Waals surface area contributed by atoms with E-state index in [-0.39, 0.29) is 0 Å². The van der Waals surface area contributed by atoms with Gasteiger partial charge in [0, 0.05) is 32.4 Å². The maximum absolute atomic E-state index is 5.19. The second-order valence-corrected chi connectivity index (χ2v) is 5.28. The molecule has 1 rings (SSSR count). The number of methoxy groups -OCH3 is 1. The van der Waals surface area contributed by atoms with Crippen LogP contribution in [0.2, 0.25) is 0 Å². The average Bonchev–Trinajstić information content (AvgIpc) is 2.36. The molecule has 0 unspecified atom stereocenters. The van der Waals surface area contributed by atoms with Crippen LogP contribution in [-0.4, -0.2) is 38.8 Å². The van der Waals surface area contributed by atoms with Crippen LogP contribution >= 0.6 is 0 Å². The van der Waals surface area contributed by atoms with Crippen molar-refractivity contribution in [2.45, 2.75) is 27.3 Å². The Morgan fingerprint density at radius 3 is 2.63 bits per heavy atom. The molecular formula is C15H27N3O. The molecule has 0 aliphatic carbocycles. The maximum Gasteiger partial charge on any atom is 0.128 e. The number of anilines is 1. The number of ether oxygens (including phenoxy) is 1. The van der Waals surface area contributed by atoms with Crippen LogP contribution in [-0.2, 0) is 11.3 Å². The van der Waals surface area contributed by atoms with E-state index in [0.29, 0.717) is 5.92 Å². The Bertz CT molecular complexity index is 380. The van der Waals surface area contributed by atoms with Gasteiger partial charge in [-0.2, -0.15) is 0 Å². The molecule has 4 nitrogen and oxygen atoms in total. The van der Waals surface area contributed by atoms with Crippen molar-refractivity contribution in [1.29, 1.82) is 0 Å². The Hall–Kier alpha value is -1.13. The van der Waals surface area contributed by atoms with E-state index in [1.807, 2.05) is 7.05 Å². The lowest BCUT2D eigenvalue weighted by molar-refractivity contribution is 0.204. The number of nitrogens with one attached hydrogen (secondary N) is 1. The van der Waals surface area contributed by atoms with Crippen LogP contribution in [0.5, 0.6) is 0 Å². The lowest BCUT2D eigenvalue weighted by Gasteiger charge is -2.26. The van der Waals surface area contributed by atoms with Crippen LogP contribution < -0.4 is 10.2 Å². The largest absolute Gasteiger partial charge is 0.383 e. The van der Waals surface area contributed by atoms with Crippen LogP contribution in [0, 0.1) is 12.8 Å². The number of aromatic nitrogens is 1. The first-order chi connectivity index (χ1) is 9.08. The van der Waals surface area contributed by atoms with Crippen LogP contribution in [0.4, 0.5) is 5.82 Å². The van der Waals surface area contributed by atoms with Gasteiger partial charge in [-0.05, 0) is 31.5 Å². The minimum Gasteiger partial charge on any atom is -0.383 e. The molecule has 1 aromatic heterocycles. The first kappa shape index (κ1) is 15.9. The van der Waals surface area contributed by atoms with Gasteiger partial charge in [0.1, 0.15) is 5.82 Å². The summed E-state index contributed by atoms with van der Waals surface area (Å²) in [5.74, 6) is 1.65. The van der Waals surface area contributed by atoms with Crippen molar-refractivity contribution >= 4 is 5.82 Å². The van der Waals surface area contributed by atoms with Crippen molar-refractivity contribution in [1.82, 2.24) is 10.3 Å². The molecule has 19 heavy (non-hydrogen) atoms. The fourth-order valence-corrected chi connectivity index (χ4v) is 2.07. The van der Waals surface area contributed by atoms with Gasteiger partial charge in [-0.3, -0.25) is 0 Å². The number of nitrogens with zero attached hydrogens (tertiary/aromatic N) is 2. The van der Waals surface area contributed by atoms with E-state index in [2.05, 4.69) is 43.1 Å². The smallest absolute Gasteiger partial charge is 0.128 e. The number of hydrogen-bond acceptors (Lipinski definition) is 4. The first-order valence-electron chi connectivity index (χ1n) is 6.93. The van der Waals surface area contributed by atoms with Gasteiger partial charge in [0.2, 0.25) is 0 Å². The summed E-state index contributed by atoms with van der Waals surface area (Å²) in [4.78, 5) is 7.02. The molecule has 0 aliphatic heterocycles. The fraction of sp³-hybridized carbons (Fsp3) is 0.667. The number of rotatable bonds is 8. The maximum atomic E-state index is 5.19. The third kappa shape index (κ3) is 5.17. The summed E-state index contributed by atoms with van der Waals surface area (Å²) in [5.41, 5.74) is 2.35. The molecule has 1 N–H and O–H groups in total. The summed E-state index contributed by atoms with van der Waals surface area (Å²) in [7, 11) is 3.69. The summed E-state index contributed by atoms with van der Waals surface area (Å²) < 4.78 is 5.19. The molecular weight excluding hydrogens is 238 g/mol. The summed E-state index contributed by atoms with van der Waals surface area (Å²) in [5, 5.41) is 3.17. The van der Waals surface area contributed by atoms with Crippen molar-refractivity contribution in [3.05, 3.63) is 23.4 Å². The molecule has 108 valence electrons. The third-order valence-electron chi connectivity index (χ3n) is 3.02. The summed E-state index contributed by atoms with van der Waals surface area (Å²) >= 11 is 0. The molecule has 0 amide bonds. The highest BCUT2D eigenvalue weighted by Crippen LogP contribution is 2.16. The predicted octanol–water partition coefficient (Wildman–Crippen LogP) is 2.22. The van der Waals surface area contributed by atoms with Gasteiger partial charge in [-0.25, -0.2) is 4.98 Å². The molecule has 0 saturated heterocycles. The van der Waals surface area contributed by atoms with Crippen LogP contribution in [0.1, 0.15) is 25.1 Å². The summed E-state index contributed by atoms with van der Waals surface area (Å²) in [6, 6.07) is 4.27. The Morgan fingerprint density at radius 1 is 1.37 bits per heavy atom. The SMILES string of the molecule is CNCc1ccc(N(CCOC)CC(C)C)nc1C. The van der Waals surface area contributed by atoms with Crippen molar-refractivity contribution in [2.75, 3.05) is 38.8 Å². The normalized spacial score (nSPS) is 11.1. The highest BCUT2D eigenvalue weighted by molar-refractivity contribution is 5.41. The van der Waals surface area contributed by atoms with Gasteiger partial charge < -0.3 is 15.0 Å². The second kappa shape index (κ2) is 8.12. The molecule has 0 bridgehead atoms. The van der Waals surface area contributed by atoms with E-state index in [9.17, 15) is 0 Å². The van der Waals surface area contributed by atoms with Gasteiger partial charge in [0.05, 0.1) is 6.61 Å². The lowest BCUT2D eigenvalue weighted by atomic mass is 10.1. The van der Waals surface area contributed by atoms with Crippen LogP contribution in [0.25, 0.3) is 0 Å². The number of pyridine rings is 1. The molecule has 0 aromatic carbocycles. The van der Waals surface area contributed by atoms with Crippen molar-refractivity contribution in [3.63, 3.8) is 0 Å². The minimum absolute atomic E-state index is 0.607. The van der Waals surface area contributed by atoms with E-state index in [0.717, 1.165) is 37.8 Å². The summed E-state index contributed by atoms with van der Waals surface area (Å²) in [6.07, 6.45) is 0. The zero-order chi connectivity index (χ0) is 14.3. The molecule has 0 spiro atoms. The fourth-order valence-electron chi connectivity index (χ4n) is 2.07. The zero-order valence-corrected chi connectivity index (χ0v) is 12.9. The Labute approximate surface area is 117 Å². The average molecular weight is 265 g/mol. The molecule has 1 heterocycles. The Morgan fingerprint density at radius 2 is 2.11 bits per heavy atom. The second-order valence-electron chi connectivity index (χ2n) is 5.28. The van der Waals surface area contributed by atoms with Crippen molar-refractivity contribution in [3.8, 4) is 0 Å². The molecule has 0 aliphatic rings. The molecule has 1 aromatic rings. The molecule has 0 atom stereocenters. The zero-order valence-electron chi connectivity index (χ0n) is 12.9. The lowest BCUT2D eigenvalue weighted by Crippen LogP contribution is -2.31. The highest BCUT2D eigenvalue weighted by Gasteiger charge is 2.11. The molecule has 0 saturated carbocycles. The van der Waals surface area contributed by atoms with E-state index < -0.39 is 0 Å². The van der Waals surface area contributed by atoms with Crippen LogP contribution in [0.15, 0.2) is 12.1 Å². The van der Waals surface area contributed by atoms with E-state index in [1.165, 1.54) is 5.56 Å². The van der Waals surface area contributed by atoms with Gasteiger partial charge >= 0.3 is 0 Å². The topological polar surface area (TPSA) is 37.4 Å². The quantitative estimate of drug-likeness (QED) is 0.782. The predicted molar refractivity (Wildman–Crippen MR) is 80.7 cm³/mol. The Balaban J connectivity index is 2.85. The highest BCUT2D eigenvalue weighted by atomic mass is 16.5. The minimum atomic E-state index is 0.607. The van der Waals surface area contributed by atoms with E-state index >= 15 is 0 Å². The van der Waals surface area contributed by atoms with Gasteiger partial charge in [0.15, 0.2) is 0 Å². The number of aryl methyl sites for hydroxylation is 1. The van der Waals surface area contributed by atoms with Crippen molar-refractivity contribution in [2.24, 2.45) is 5.92 Å². The van der Waals surface area contributed by atoms with Gasteiger partial charge in [-0.1, -0.05) is 19.9 Å². The third-order valence-corrected chi connectivity index (χ3v) is 3.02. The van der Waals surface area contributed by atoms with Crippen LogP contribution in [0.3, 0.4) is 0 Å². The first-order valence-corrected chi connectivity index (χ1v) is 6.93. The van der Waals surface area contributed by atoms with E-state index in [4.69, 9.17) is 9.72 Å². The molecule has 0 fully saturated rings. The standard InChI is InChI=1S/C15H27N3O/c1-12(2)11-18(8-9-19-5)15-7-6-14(10-16-4)13(3)17-15/h6-7,12,16H,8-11H2,1-5H3. The van der Waals surface area contributed by atoms with Gasteiger partial charge in [-0.15, -0.1) is 0 Å². The monoisotopic (exact) mass is 265 g/mol. The van der Waals surface area contributed by atoms with Gasteiger partial charge in [0.25, 0.3) is 0 Å². The Kier molecular flexibility index (Phi) is 6.81. The van der Waals surface area contributed by atoms with E-state index in [1.54, 1.807) is 7.11 Å². The number of hydrogen-bond donors (Lipinski definition) is 1. The summed E-state index contributed by atoms with van der Waals surface area (Å²) in [6.45, 7) is 9.99.